The normalized spacial score (nSPS) is 17.2. The molecule has 2 aromatic carbocycles. The van der Waals surface area contributed by atoms with Crippen LogP contribution in [-0.4, -0.2) is 44.6 Å². The Morgan fingerprint density at radius 2 is 1.65 bits per heavy atom. The second kappa shape index (κ2) is 11.8. The van der Waals surface area contributed by atoms with Gasteiger partial charge in [-0.1, -0.05) is 31.5 Å². The molecule has 0 amide bonds. The second-order valence-corrected chi connectivity index (χ2v) is 12.9. The van der Waals surface area contributed by atoms with Gasteiger partial charge in [-0.3, -0.25) is 0 Å². The van der Waals surface area contributed by atoms with Crippen LogP contribution in [0.5, 0.6) is 5.75 Å². The molecule has 8 nitrogen and oxygen atoms in total. The van der Waals surface area contributed by atoms with E-state index in [2.05, 4.69) is 0 Å². The van der Waals surface area contributed by atoms with Gasteiger partial charge in [-0.15, -0.1) is 0 Å². The highest BCUT2D eigenvalue weighted by Crippen LogP contribution is 2.29. The zero-order chi connectivity index (χ0) is 26.5. The molecule has 0 bridgehead atoms. The Bertz CT molecular complexity index is 1370. The van der Waals surface area contributed by atoms with Crippen LogP contribution in [0.3, 0.4) is 0 Å². The van der Waals surface area contributed by atoms with Crippen LogP contribution in [0.1, 0.15) is 50.9 Å². The maximum atomic E-state index is 13.8. The molecule has 2 heterocycles. The molecule has 1 aliphatic rings. The maximum absolute atomic E-state index is 13.8. The van der Waals surface area contributed by atoms with E-state index in [1.54, 1.807) is 22.5 Å². The lowest BCUT2D eigenvalue weighted by molar-refractivity contribution is 0.246. The fourth-order valence-electron chi connectivity index (χ4n) is 4.69. The van der Waals surface area contributed by atoms with Crippen molar-refractivity contribution in [1.82, 2.24) is 8.61 Å². The average Bonchev–Trinajstić information content (AvgIpc) is 3.43. The first-order valence-electron chi connectivity index (χ1n) is 12.6. The molecule has 37 heavy (non-hydrogen) atoms. The largest absolute Gasteiger partial charge is 0.494 e. The van der Waals surface area contributed by atoms with E-state index >= 15 is 0 Å². The molecule has 4 rings (SSSR count). The Labute approximate surface area is 220 Å². The minimum Gasteiger partial charge on any atom is -0.494 e. The van der Waals surface area contributed by atoms with E-state index in [0.717, 1.165) is 31.2 Å². The van der Waals surface area contributed by atoms with Gasteiger partial charge >= 0.3 is 0 Å². The van der Waals surface area contributed by atoms with Crippen molar-refractivity contribution in [1.29, 1.82) is 0 Å². The predicted octanol–water partition coefficient (Wildman–Crippen LogP) is 5.02. The number of para-hydroxylation sites is 1. The van der Waals surface area contributed by atoms with Crippen LogP contribution in [0, 0.1) is 0 Å². The van der Waals surface area contributed by atoms with E-state index < -0.39 is 20.0 Å². The lowest BCUT2D eigenvalue weighted by Crippen LogP contribution is -2.43. The highest BCUT2D eigenvalue weighted by atomic mass is 32.2. The molecule has 3 aromatic rings. The molecule has 1 aliphatic heterocycles. The number of sulfonamides is 2. The molecule has 0 radical (unpaired) electrons. The van der Waals surface area contributed by atoms with Gasteiger partial charge < -0.3 is 9.15 Å². The third kappa shape index (κ3) is 6.09. The van der Waals surface area contributed by atoms with Crippen molar-refractivity contribution in [2.45, 2.75) is 68.5 Å². The quantitative estimate of drug-likeness (QED) is 0.335. The summed E-state index contributed by atoms with van der Waals surface area (Å²) in [5.74, 6) is 1.10. The number of rotatable bonds is 11. The van der Waals surface area contributed by atoms with Gasteiger partial charge in [0.1, 0.15) is 11.5 Å². The van der Waals surface area contributed by atoms with Gasteiger partial charge in [0.15, 0.2) is 0 Å². The molecule has 1 unspecified atom stereocenters. The SMILES string of the molecule is CCOc1ccccc1CN(Cc1ccco1)S(=O)(=O)c1ccc(S(=O)(=O)N2CCCCC2CC)cc1. The van der Waals surface area contributed by atoms with Crippen LogP contribution < -0.4 is 4.74 Å². The summed E-state index contributed by atoms with van der Waals surface area (Å²) in [6, 6.07) is 16.2. The van der Waals surface area contributed by atoms with E-state index in [4.69, 9.17) is 9.15 Å². The molecule has 1 atom stereocenters. The van der Waals surface area contributed by atoms with E-state index in [9.17, 15) is 16.8 Å². The van der Waals surface area contributed by atoms with Crippen LogP contribution in [0.4, 0.5) is 0 Å². The van der Waals surface area contributed by atoms with Gasteiger partial charge in [0.05, 0.1) is 29.2 Å². The third-order valence-electron chi connectivity index (χ3n) is 6.64. The van der Waals surface area contributed by atoms with Crippen LogP contribution in [0.15, 0.2) is 81.1 Å². The number of hydrogen-bond donors (Lipinski definition) is 0. The van der Waals surface area contributed by atoms with Crippen molar-refractivity contribution >= 4 is 20.0 Å². The standard InChI is InChI=1S/C27H34N2O6S2/c1-3-23-11-7-8-18-29(23)37(32,33)26-16-14-25(15-17-26)36(30,31)28(21-24-12-9-19-35-24)20-22-10-5-6-13-27(22)34-4-2/h5-6,9-10,12-17,19,23H,3-4,7-8,11,18,20-21H2,1-2H3. The summed E-state index contributed by atoms with van der Waals surface area (Å²) >= 11 is 0. The van der Waals surface area contributed by atoms with Crippen molar-refractivity contribution in [2.24, 2.45) is 0 Å². The Morgan fingerprint density at radius 3 is 2.32 bits per heavy atom. The summed E-state index contributed by atoms with van der Waals surface area (Å²) in [5, 5.41) is 0. The van der Waals surface area contributed by atoms with Gasteiger partial charge in [-0.05, 0) is 68.7 Å². The van der Waals surface area contributed by atoms with E-state index in [-0.39, 0.29) is 28.9 Å². The molecular weight excluding hydrogens is 512 g/mol. The Morgan fingerprint density at radius 1 is 0.919 bits per heavy atom. The molecule has 1 saturated heterocycles. The van der Waals surface area contributed by atoms with Gasteiger partial charge in [0.25, 0.3) is 0 Å². The molecule has 0 aliphatic carbocycles. The topological polar surface area (TPSA) is 97.1 Å². The Balaban J connectivity index is 1.64. The molecule has 0 spiro atoms. The monoisotopic (exact) mass is 546 g/mol. The van der Waals surface area contributed by atoms with E-state index in [0.29, 0.717) is 24.7 Å². The first kappa shape index (κ1) is 27.4. The molecular formula is C27H34N2O6S2. The summed E-state index contributed by atoms with van der Waals surface area (Å²) in [6.07, 6.45) is 4.93. The number of benzene rings is 2. The lowest BCUT2D eigenvalue weighted by Gasteiger charge is -2.34. The van der Waals surface area contributed by atoms with Crippen molar-refractivity contribution in [2.75, 3.05) is 13.2 Å². The number of hydrogen-bond acceptors (Lipinski definition) is 6. The van der Waals surface area contributed by atoms with Crippen molar-refractivity contribution in [3.05, 3.63) is 78.3 Å². The maximum Gasteiger partial charge on any atom is 0.243 e. The number of furan rings is 1. The molecule has 1 fully saturated rings. The predicted molar refractivity (Wildman–Crippen MR) is 141 cm³/mol. The van der Waals surface area contributed by atoms with Crippen molar-refractivity contribution in [3.63, 3.8) is 0 Å². The highest BCUT2D eigenvalue weighted by Gasteiger charge is 2.33. The number of piperidine rings is 1. The Hall–Kier alpha value is -2.66. The summed E-state index contributed by atoms with van der Waals surface area (Å²) in [4.78, 5) is 0.114. The molecule has 0 N–H and O–H groups in total. The first-order valence-corrected chi connectivity index (χ1v) is 15.5. The number of nitrogens with zero attached hydrogens (tertiary/aromatic N) is 2. The second-order valence-electron chi connectivity index (χ2n) is 9.04. The number of ether oxygens (including phenoxy) is 1. The van der Waals surface area contributed by atoms with Gasteiger partial charge in [-0.25, -0.2) is 16.8 Å². The van der Waals surface area contributed by atoms with Crippen molar-refractivity contribution in [3.8, 4) is 5.75 Å². The fourth-order valence-corrected chi connectivity index (χ4v) is 7.84. The van der Waals surface area contributed by atoms with Crippen molar-refractivity contribution < 1.29 is 26.0 Å². The Kier molecular flexibility index (Phi) is 8.74. The smallest absolute Gasteiger partial charge is 0.243 e. The molecule has 0 saturated carbocycles. The molecule has 1 aromatic heterocycles. The molecule has 200 valence electrons. The average molecular weight is 547 g/mol. The molecule has 10 heteroatoms. The first-order chi connectivity index (χ1) is 17.8. The van der Waals surface area contributed by atoms with E-state index in [1.165, 1.54) is 34.8 Å². The minimum atomic E-state index is -4.00. The highest BCUT2D eigenvalue weighted by molar-refractivity contribution is 7.89. The fraction of sp³-hybridized carbons (Fsp3) is 0.407. The summed E-state index contributed by atoms with van der Waals surface area (Å²) in [7, 11) is -7.71. The minimum absolute atomic E-state index is 0.0117. The summed E-state index contributed by atoms with van der Waals surface area (Å²) in [5.41, 5.74) is 0.717. The summed E-state index contributed by atoms with van der Waals surface area (Å²) in [6.45, 7) is 4.87. The summed E-state index contributed by atoms with van der Waals surface area (Å²) < 4.78 is 68.3. The van der Waals surface area contributed by atoms with Crippen LogP contribution in [0.2, 0.25) is 0 Å². The van der Waals surface area contributed by atoms with Gasteiger partial charge in [-0.2, -0.15) is 8.61 Å². The van der Waals surface area contributed by atoms with Gasteiger partial charge in [0.2, 0.25) is 20.0 Å². The van der Waals surface area contributed by atoms with Crippen LogP contribution >= 0.6 is 0 Å². The third-order valence-corrected chi connectivity index (χ3v) is 10.4. The lowest BCUT2D eigenvalue weighted by atomic mass is 10.0. The van der Waals surface area contributed by atoms with Crippen LogP contribution in [0.25, 0.3) is 0 Å². The van der Waals surface area contributed by atoms with E-state index in [1.807, 2.05) is 32.0 Å². The zero-order valence-electron chi connectivity index (χ0n) is 21.2. The zero-order valence-corrected chi connectivity index (χ0v) is 22.9. The van der Waals surface area contributed by atoms with Crippen LogP contribution in [-0.2, 0) is 33.1 Å². The van der Waals surface area contributed by atoms with Gasteiger partial charge in [0, 0.05) is 24.7 Å².